The molecule has 1 aliphatic carbocycles. The first kappa shape index (κ1) is 19.1. The average Bonchev–Trinajstić information content (AvgIpc) is 2.67. The Hall–Kier alpha value is -1.72. The van der Waals surface area contributed by atoms with Crippen molar-refractivity contribution in [2.24, 2.45) is 0 Å². The molecule has 1 heterocycles. The molecule has 0 spiro atoms. The first-order valence-electron chi connectivity index (χ1n) is 9.83. The number of hydrogen-bond acceptors (Lipinski definition) is 4. The van der Waals surface area contributed by atoms with E-state index in [-0.39, 0.29) is 12.2 Å². The summed E-state index contributed by atoms with van der Waals surface area (Å²) >= 11 is 0. The molecule has 1 atom stereocenters. The number of benzene rings is 1. The zero-order valence-corrected chi connectivity index (χ0v) is 15.7. The van der Waals surface area contributed by atoms with Gasteiger partial charge in [-0.2, -0.15) is 0 Å². The number of carboxylic acids is 1. The normalized spacial score (nSPS) is 21.4. The highest BCUT2D eigenvalue weighted by Gasteiger charge is 2.30. The molecular formula is C21H30N2O3. The summed E-state index contributed by atoms with van der Waals surface area (Å²) in [4.78, 5) is 28.5. The Morgan fingerprint density at radius 1 is 1.04 bits per heavy atom. The quantitative estimate of drug-likeness (QED) is 0.792. The molecule has 26 heavy (non-hydrogen) atoms. The molecule has 5 heteroatoms. The van der Waals surface area contributed by atoms with Crippen molar-refractivity contribution in [1.29, 1.82) is 0 Å². The van der Waals surface area contributed by atoms with Gasteiger partial charge in [0.15, 0.2) is 5.78 Å². The van der Waals surface area contributed by atoms with E-state index >= 15 is 0 Å². The van der Waals surface area contributed by atoms with E-state index in [1.807, 2.05) is 24.1 Å². The molecule has 142 valence electrons. The number of nitrogens with zero attached hydrogens (tertiary/aromatic N) is 2. The maximum atomic E-state index is 12.7. The number of carbonyl (C=O) groups is 2. The number of Topliss-reactive ketones (excluding diaryl/α,β-unsaturated/α-hetero) is 1. The number of hydrogen-bond donors (Lipinski definition) is 1. The predicted octanol–water partition coefficient (Wildman–Crippen LogP) is 3.01. The Bertz CT molecular complexity index is 615. The van der Waals surface area contributed by atoms with Crippen molar-refractivity contribution in [3.8, 4) is 0 Å². The Labute approximate surface area is 156 Å². The minimum Gasteiger partial charge on any atom is -0.480 e. The minimum absolute atomic E-state index is 0.0435. The van der Waals surface area contributed by atoms with E-state index in [0.717, 1.165) is 13.1 Å². The lowest BCUT2D eigenvalue weighted by atomic mass is 9.84. The van der Waals surface area contributed by atoms with Crippen LogP contribution in [0.5, 0.6) is 0 Å². The monoisotopic (exact) mass is 358 g/mol. The molecule has 0 bridgehead atoms. The third-order valence-corrected chi connectivity index (χ3v) is 5.95. The van der Waals surface area contributed by atoms with E-state index in [9.17, 15) is 14.7 Å². The van der Waals surface area contributed by atoms with E-state index in [2.05, 4.69) is 17.0 Å². The molecular weight excluding hydrogens is 328 g/mol. The predicted molar refractivity (Wildman–Crippen MR) is 102 cm³/mol. The number of piperazine rings is 1. The fraction of sp³-hybridized carbons (Fsp3) is 0.619. The third kappa shape index (κ3) is 4.71. The van der Waals surface area contributed by atoms with Crippen molar-refractivity contribution < 1.29 is 14.7 Å². The molecule has 0 amide bonds. The molecule has 1 aromatic rings. The smallest absolute Gasteiger partial charge is 0.321 e. The lowest BCUT2D eigenvalue weighted by Crippen LogP contribution is -2.52. The largest absolute Gasteiger partial charge is 0.480 e. The molecule has 2 aliphatic rings. The first-order chi connectivity index (χ1) is 12.5. The molecule has 1 aromatic carbocycles. The van der Waals surface area contributed by atoms with E-state index in [4.69, 9.17) is 0 Å². The highest BCUT2D eigenvalue weighted by atomic mass is 16.4. The van der Waals surface area contributed by atoms with Crippen LogP contribution in [0.1, 0.15) is 60.4 Å². The van der Waals surface area contributed by atoms with Gasteiger partial charge in [-0.3, -0.25) is 14.5 Å². The number of carbonyl (C=O) groups excluding carboxylic acids is 1. The summed E-state index contributed by atoms with van der Waals surface area (Å²) in [6.45, 7) is 3.07. The lowest BCUT2D eigenvalue weighted by molar-refractivity contribution is -0.143. The summed E-state index contributed by atoms with van der Waals surface area (Å²) in [6.07, 6.45) is 6.42. The Kier molecular flexibility index (Phi) is 6.43. The van der Waals surface area contributed by atoms with Crippen molar-refractivity contribution in [1.82, 2.24) is 9.80 Å². The van der Waals surface area contributed by atoms with E-state index in [1.165, 1.54) is 37.7 Å². The number of ketones is 1. The topological polar surface area (TPSA) is 60.9 Å². The van der Waals surface area contributed by atoms with Gasteiger partial charge in [-0.25, -0.2) is 0 Å². The number of rotatable bonds is 6. The Morgan fingerprint density at radius 3 is 2.23 bits per heavy atom. The number of aliphatic carboxylic acids is 1. The molecule has 1 saturated heterocycles. The van der Waals surface area contributed by atoms with Crippen LogP contribution in [-0.2, 0) is 4.79 Å². The van der Waals surface area contributed by atoms with Gasteiger partial charge in [0.1, 0.15) is 6.04 Å². The molecule has 0 radical (unpaired) electrons. The number of carboxylic acid groups (broad SMARTS) is 1. The second kappa shape index (κ2) is 8.78. The van der Waals surface area contributed by atoms with Crippen molar-refractivity contribution in [3.05, 3.63) is 35.4 Å². The van der Waals surface area contributed by atoms with Crippen LogP contribution in [0.4, 0.5) is 0 Å². The van der Waals surface area contributed by atoms with Crippen molar-refractivity contribution in [2.45, 2.75) is 50.5 Å². The SMILES string of the molecule is CN1CCN(C(CC(=O)c2ccc(C3CCCCC3)cc2)C(=O)O)CC1. The number of likely N-dealkylation sites (N-methyl/N-ethyl adjacent to an activating group) is 1. The van der Waals surface area contributed by atoms with Crippen molar-refractivity contribution in [3.63, 3.8) is 0 Å². The Morgan fingerprint density at radius 2 is 1.65 bits per heavy atom. The fourth-order valence-electron chi connectivity index (χ4n) is 4.18. The van der Waals surface area contributed by atoms with Gasteiger partial charge in [0.2, 0.25) is 0 Å². The summed E-state index contributed by atoms with van der Waals surface area (Å²) in [5, 5.41) is 9.59. The maximum absolute atomic E-state index is 12.7. The molecule has 2 fully saturated rings. The van der Waals surface area contributed by atoms with Gasteiger partial charge in [-0.1, -0.05) is 43.5 Å². The zero-order chi connectivity index (χ0) is 18.5. The van der Waals surface area contributed by atoms with Crippen LogP contribution in [0, 0.1) is 0 Å². The highest BCUT2D eigenvalue weighted by molar-refractivity contribution is 5.98. The summed E-state index contributed by atoms with van der Waals surface area (Å²) in [5.41, 5.74) is 1.94. The van der Waals surface area contributed by atoms with Gasteiger partial charge in [0.05, 0.1) is 0 Å². The molecule has 5 nitrogen and oxygen atoms in total. The lowest BCUT2D eigenvalue weighted by Gasteiger charge is -2.35. The van der Waals surface area contributed by atoms with Crippen LogP contribution in [0.3, 0.4) is 0 Å². The van der Waals surface area contributed by atoms with E-state index in [1.54, 1.807) is 0 Å². The average molecular weight is 358 g/mol. The van der Waals surface area contributed by atoms with Crippen LogP contribution >= 0.6 is 0 Å². The highest BCUT2D eigenvalue weighted by Crippen LogP contribution is 2.32. The van der Waals surface area contributed by atoms with Gasteiger partial charge < -0.3 is 10.0 Å². The van der Waals surface area contributed by atoms with Crippen LogP contribution in [0.15, 0.2) is 24.3 Å². The maximum Gasteiger partial charge on any atom is 0.321 e. The van der Waals surface area contributed by atoms with Crippen LogP contribution in [0.2, 0.25) is 0 Å². The second-order valence-corrected chi connectivity index (χ2v) is 7.78. The van der Waals surface area contributed by atoms with Crippen LogP contribution < -0.4 is 0 Å². The standard InChI is InChI=1S/C21H30N2O3/c1-22-11-13-23(14-12-22)19(21(25)26)15-20(24)18-9-7-17(8-10-18)16-5-3-2-4-6-16/h7-10,16,19H,2-6,11-15H2,1H3,(H,25,26). The van der Waals surface area contributed by atoms with E-state index in [0.29, 0.717) is 24.6 Å². The summed E-state index contributed by atoms with van der Waals surface area (Å²) in [7, 11) is 2.03. The summed E-state index contributed by atoms with van der Waals surface area (Å²) in [6, 6.07) is 7.17. The van der Waals surface area contributed by atoms with E-state index < -0.39 is 12.0 Å². The molecule has 1 N–H and O–H groups in total. The first-order valence-corrected chi connectivity index (χ1v) is 9.83. The zero-order valence-electron chi connectivity index (χ0n) is 15.7. The van der Waals surface area contributed by atoms with Crippen LogP contribution in [0.25, 0.3) is 0 Å². The van der Waals surface area contributed by atoms with Crippen molar-refractivity contribution >= 4 is 11.8 Å². The van der Waals surface area contributed by atoms with Gasteiger partial charge in [-0.15, -0.1) is 0 Å². The Balaban J connectivity index is 1.62. The summed E-state index contributed by atoms with van der Waals surface area (Å²) < 4.78 is 0. The minimum atomic E-state index is -0.901. The summed E-state index contributed by atoms with van der Waals surface area (Å²) in [5.74, 6) is -0.363. The second-order valence-electron chi connectivity index (χ2n) is 7.78. The van der Waals surface area contributed by atoms with Gasteiger partial charge in [0, 0.05) is 38.2 Å². The van der Waals surface area contributed by atoms with Gasteiger partial charge in [0.25, 0.3) is 0 Å². The van der Waals surface area contributed by atoms with Gasteiger partial charge in [-0.05, 0) is 31.4 Å². The molecule has 0 aromatic heterocycles. The molecule has 3 rings (SSSR count). The fourth-order valence-corrected chi connectivity index (χ4v) is 4.18. The van der Waals surface area contributed by atoms with Gasteiger partial charge >= 0.3 is 5.97 Å². The molecule has 1 unspecified atom stereocenters. The molecule has 1 saturated carbocycles. The third-order valence-electron chi connectivity index (χ3n) is 5.95. The van der Waals surface area contributed by atoms with Crippen LogP contribution in [-0.4, -0.2) is 65.9 Å². The molecule has 1 aliphatic heterocycles. The van der Waals surface area contributed by atoms with Crippen molar-refractivity contribution in [2.75, 3.05) is 33.2 Å².